The Labute approximate surface area is 163 Å². The fourth-order valence-corrected chi connectivity index (χ4v) is 3.69. The lowest BCUT2D eigenvalue weighted by Gasteiger charge is -2.30. The number of carbonyl (C=O) groups is 2. The van der Waals surface area contributed by atoms with Crippen LogP contribution in [0.3, 0.4) is 0 Å². The van der Waals surface area contributed by atoms with Crippen LogP contribution in [0, 0.1) is 0 Å². The van der Waals surface area contributed by atoms with Crippen molar-refractivity contribution in [1.82, 2.24) is 14.4 Å². The highest BCUT2D eigenvalue weighted by atomic mass is 16.6. The van der Waals surface area contributed by atoms with E-state index < -0.39 is 6.09 Å². The van der Waals surface area contributed by atoms with Gasteiger partial charge in [-0.15, -0.1) is 0 Å². The highest BCUT2D eigenvalue weighted by molar-refractivity contribution is 5.83. The molecule has 1 fully saturated rings. The molecule has 1 saturated heterocycles. The van der Waals surface area contributed by atoms with Crippen molar-refractivity contribution in [2.75, 3.05) is 26.2 Å². The molecule has 146 valence electrons. The van der Waals surface area contributed by atoms with Gasteiger partial charge in [0.15, 0.2) is 0 Å². The molecule has 2 aliphatic heterocycles. The Balaban J connectivity index is 1.44. The number of nitrogens with zero attached hydrogens (tertiary/aromatic N) is 3. The molecular formula is C21H23N3O4. The van der Waals surface area contributed by atoms with Gasteiger partial charge in [0.2, 0.25) is 5.91 Å². The van der Waals surface area contributed by atoms with Crippen molar-refractivity contribution in [2.45, 2.75) is 25.9 Å². The molecule has 2 aromatic rings. The van der Waals surface area contributed by atoms with E-state index in [2.05, 4.69) is 0 Å². The average molecular weight is 381 g/mol. The fourth-order valence-electron chi connectivity index (χ4n) is 3.69. The van der Waals surface area contributed by atoms with Gasteiger partial charge >= 0.3 is 6.09 Å². The van der Waals surface area contributed by atoms with Crippen LogP contribution in [0.2, 0.25) is 0 Å². The van der Waals surface area contributed by atoms with E-state index in [4.69, 9.17) is 4.74 Å². The molecule has 0 atom stereocenters. The van der Waals surface area contributed by atoms with Crippen LogP contribution in [0.15, 0.2) is 47.4 Å². The number of fused-ring (bicyclic) bond motifs is 1. The van der Waals surface area contributed by atoms with E-state index in [1.807, 2.05) is 36.5 Å². The van der Waals surface area contributed by atoms with Gasteiger partial charge in [0, 0.05) is 31.9 Å². The number of pyridine rings is 1. The smallest absolute Gasteiger partial charge is 0.410 e. The normalized spacial score (nSPS) is 16.1. The van der Waals surface area contributed by atoms with E-state index >= 15 is 0 Å². The third kappa shape index (κ3) is 3.93. The van der Waals surface area contributed by atoms with E-state index in [-0.39, 0.29) is 18.0 Å². The Hall–Kier alpha value is -3.09. The Morgan fingerprint density at radius 1 is 1.07 bits per heavy atom. The van der Waals surface area contributed by atoms with Gasteiger partial charge in [-0.3, -0.25) is 14.5 Å². The molecular weight excluding hydrogens is 358 g/mol. The van der Waals surface area contributed by atoms with Gasteiger partial charge in [0.1, 0.15) is 13.2 Å². The maximum absolute atomic E-state index is 12.6. The molecule has 28 heavy (non-hydrogen) atoms. The van der Waals surface area contributed by atoms with Crippen LogP contribution in [0.1, 0.15) is 16.7 Å². The first-order valence-corrected chi connectivity index (χ1v) is 9.56. The molecule has 3 heterocycles. The first-order valence-electron chi connectivity index (χ1n) is 9.56. The topological polar surface area (TPSA) is 71.8 Å². The highest BCUT2D eigenvalue weighted by Gasteiger charge is 2.28. The lowest BCUT2D eigenvalue weighted by molar-refractivity contribution is -0.132. The Kier molecular flexibility index (Phi) is 5.14. The number of rotatable bonds is 5. The number of aromatic nitrogens is 1. The van der Waals surface area contributed by atoms with Crippen molar-refractivity contribution in [1.29, 1.82) is 0 Å². The predicted octanol–water partition coefficient (Wildman–Crippen LogP) is 1.43. The van der Waals surface area contributed by atoms with Crippen LogP contribution in [-0.4, -0.2) is 52.6 Å². The quantitative estimate of drug-likeness (QED) is 0.786. The van der Waals surface area contributed by atoms with Gasteiger partial charge in [0.25, 0.3) is 5.56 Å². The van der Waals surface area contributed by atoms with Crippen LogP contribution in [0.25, 0.3) is 0 Å². The summed E-state index contributed by atoms with van der Waals surface area (Å²) in [5.41, 5.74) is 3.18. The molecule has 1 aromatic carbocycles. The molecule has 0 unspecified atom stereocenters. The number of amides is 2. The van der Waals surface area contributed by atoms with E-state index in [0.717, 1.165) is 17.5 Å². The first-order chi connectivity index (χ1) is 13.6. The van der Waals surface area contributed by atoms with E-state index in [9.17, 15) is 14.4 Å². The highest BCUT2D eigenvalue weighted by Crippen LogP contribution is 2.18. The molecule has 1 aromatic heterocycles. The van der Waals surface area contributed by atoms with E-state index in [0.29, 0.717) is 39.2 Å². The summed E-state index contributed by atoms with van der Waals surface area (Å²) in [6.07, 6.45) is 2.88. The minimum atomic E-state index is -0.430. The Morgan fingerprint density at radius 3 is 2.64 bits per heavy atom. The molecule has 0 radical (unpaired) electrons. The number of hydrogen-bond acceptors (Lipinski definition) is 4. The first kappa shape index (κ1) is 18.3. The molecule has 7 nitrogen and oxygen atoms in total. The van der Waals surface area contributed by atoms with E-state index in [1.54, 1.807) is 15.5 Å². The zero-order valence-electron chi connectivity index (χ0n) is 15.7. The maximum atomic E-state index is 12.6. The molecule has 2 aliphatic rings. The van der Waals surface area contributed by atoms with Crippen LogP contribution in [0.5, 0.6) is 0 Å². The molecule has 0 bridgehead atoms. The summed E-state index contributed by atoms with van der Waals surface area (Å²) in [6.45, 7) is 2.45. The average Bonchev–Trinajstić information content (AvgIpc) is 3.11. The van der Waals surface area contributed by atoms with Crippen LogP contribution in [-0.2, 0) is 35.5 Å². The predicted molar refractivity (Wildman–Crippen MR) is 103 cm³/mol. The number of aryl methyl sites for hydroxylation is 2. The molecule has 0 N–H and O–H groups in total. The summed E-state index contributed by atoms with van der Waals surface area (Å²) in [4.78, 5) is 39.7. The standard InChI is InChI=1S/C21H23N3O4/c25-19-12-17-7-9-23(20(26)15-24-10-11-28-21(24)27)14-18(17)13-22(19)8-6-16-4-2-1-3-5-16/h1-5,12-13H,6-11,14-15H2. The Bertz CT molecular complexity index is 938. The number of hydrogen-bond donors (Lipinski definition) is 0. The Morgan fingerprint density at radius 2 is 1.89 bits per heavy atom. The van der Waals surface area contributed by atoms with Gasteiger partial charge in [-0.05, 0) is 29.5 Å². The second-order valence-corrected chi connectivity index (χ2v) is 7.19. The van der Waals surface area contributed by atoms with Crippen molar-refractivity contribution in [3.05, 3.63) is 69.6 Å². The van der Waals surface area contributed by atoms with E-state index in [1.165, 1.54) is 10.5 Å². The van der Waals surface area contributed by atoms with Gasteiger partial charge in [-0.1, -0.05) is 30.3 Å². The molecule has 0 aliphatic carbocycles. The summed E-state index contributed by atoms with van der Waals surface area (Å²) in [5, 5.41) is 0. The summed E-state index contributed by atoms with van der Waals surface area (Å²) < 4.78 is 6.60. The van der Waals surface area contributed by atoms with Crippen molar-refractivity contribution in [3.63, 3.8) is 0 Å². The zero-order chi connectivity index (χ0) is 19.5. The minimum absolute atomic E-state index is 0.00531. The molecule has 7 heteroatoms. The summed E-state index contributed by atoms with van der Waals surface area (Å²) in [7, 11) is 0. The number of carbonyl (C=O) groups excluding carboxylic acids is 2. The molecule has 0 saturated carbocycles. The second kappa shape index (κ2) is 7.88. The number of cyclic esters (lactones) is 1. The van der Waals surface area contributed by atoms with Crippen molar-refractivity contribution < 1.29 is 14.3 Å². The molecule has 0 spiro atoms. The van der Waals surface area contributed by atoms with Gasteiger partial charge in [-0.25, -0.2) is 4.79 Å². The zero-order valence-corrected chi connectivity index (χ0v) is 15.7. The SMILES string of the molecule is O=C(CN1CCOC1=O)N1CCc2cc(=O)n(CCc3ccccc3)cc2C1. The van der Waals surface area contributed by atoms with Crippen molar-refractivity contribution in [3.8, 4) is 0 Å². The van der Waals surface area contributed by atoms with Gasteiger partial charge < -0.3 is 14.2 Å². The number of benzene rings is 1. The molecule has 4 rings (SSSR count). The minimum Gasteiger partial charge on any atom is -0.448 e. The van der Waals surface area contributed by atoms with Crippen molar-refractivity contribution in [2.24, 2.45) is 0 Å². The van der Waals surface area contributed by atoms with Crippen LogP contribution < -0.4 is 5.56 Å². The lowest BCUT2D eigenvalue weighted by atomic mass is 10.0. The van der Waals surface area contributed by atoms with Gasteiger partial charge in [0.05, 0.1) is 6.54 Å². The van der Waals surface area contributed by atoms with Crippen LogP contribution in [0.4, 0.5) is 4.79 Å². The van der Waals surface area contributed by atoms with Gasteiger partial charge in [-0.2, -0.15) is 0 Å². The third-order valence-corrected chi connectivity index (χ3v) is 5.33. The maximum Gasteiger partial charge on any atom is 0.410 e. The largest absolute Gasteiger partial charge is 0.448 e. The summed E-state index contributed by atoms with van der Waals surface area (Å²) in [6, 6.07) is 11.7. The van der Waals surface area contributed by atoms with Crippen LogP contribution >= 0.6 is 0 Å². The number of ether oxygens (including phenoxy) is 1. The summed E-state index contributed by atoms with van der Waals surface area (Å²) in [5.74, 6) is -0.0912. The molecule has 2 amide bonds. The van der Waals surface area contributed by atoms with Crippen molar-refractivity contribution >= 4 is 12.0 Å². The monoisotopic (exact) mass is 381 g/mol. The second-order valence-electron chi connectivity index (χ2n) is 7.19. The third-order valence-electron chi connectivity index (χ3n) is 5.33. The lowest BCUT2D eigenvalue weighted by Crippen LogP contribution is -2.43. The summed E-state index contributed by atoms with van der Waals surface area (Å²) >= 11 is 0. The fraction of sp³-hybridized carbons (Fsp3) is 0.381.